The lowest BCUT2D eigenvalue weighted by Crippen LogP contribution is -2.64. The van der Waals surface area contributed by atoms with Gasteiger partial charge in [0, 0.05) is 63.1 Å². The zero-order valence-corrected chi connectivity index (χ0v) is 14.8. The van der Waals surface area contributed by atoms with Gasteiger partial charge in [0.2, 0.25) is 0 Å². The van der Waals surface area contributed by atoms with Gasteiger partial charge in [0.15, 0.2) is 0 Å². The maximum Gasteiger partial charge on any atom is 0.251 e. The number of carbonyl (C=O) groups is 1. The summed E-state index contributed by atoms with van der Waals surface area (Å²) in [6.07, 6.45) is 9.04. The van der Waals surface area contributed by atoms with Crippen LogP contribution in [-0.4, -0.2) is 52.6 Å². The molecule has 26 heavy (non-hydrogen) atoms. The van der Waals surface area contributed by atoms with Crippen LogP contribution in [0.25, 0.3) is 0 Å². The average Bonchev–Trinajstić information content (AvgIpc) is 3.07. The SMILES string of the molecule is O=C(NCCC1CCOC12CN(Cc1cccnc1)C2)c1ccncc1. The van der Waals surface area contributed by atoms with Crippen LogP contribution in [0.3, 0.4) is 0 Å². The molecule has 1 N–H and O–H groups in total. The molecule has 2 aromatic rings. The van der Waals surface area contributed by atoms with Gasteiger partial charge in [-0.3, -0.25) is 19.7 Å². The predicted molar refractivity (Wildman–Crippen MR) is 97.5 cm³/mol. The van der Waals surface area contributed by atoms with Crippen LogP contribution in [-0.2, 0) is 11.3 Å². The fourth-order valence-corrected chi connectivity index (χ4v) is 4.08. The summed E-state index contributed by atoms with van der Waals surface area (Å²) in [6, 6.07) is 7.56. The number of hydrogen-bond acceptors (Lipinski definition) is 5. The van der Waals surface area contributed by atoms with Gasteiger partial charge in [0.1, 0.15) is 0 Å². The second kappa shape index (κ2) is 7.51. The summed E-state index contributed by atoms with van der Waals surface area (Å²) >= 11 is 0. The van der Waals surface area contributed by atoms with Crippen molar-refractivity contribution in [3.63, 3.8) is 0 Å². The Morgan fingerprint density at radius 3 is 2.85 bits per heavy atom. The molecule has 0 bridgehead atoms. The first-order chi connectivity index (χ1) is 12.8. The summed E-state index contributed by atoms with van der Waals surface area (Å²) < 4.78 is 6.12. The molecular formula is C20H24N4O2. The summed E-state index contributed by atoms with van der Waals surface area (Å²) in [6.45, 7) is 4.35. The molecule has 2 aromatic heterocycles. The number of likely N-dealkylation sites (tertiary alicyclic amines) is 1. The normalized spacial score (nSPS) is 21.5. The van der Waals surface area contributed by atoms with E-state index < -0.39 is 0 Å². The number of amides is 1. The average molecular weight is 352 g/mol. The Labute approximate surface area is 153 Å². The molecule has 2 fully saturated rings. The first-order valence-electron chi connectivity index (χ1n) is 9.19. The molecule has 4 rings (SSSR count). The largest absolute Gasteiger partial charge is 0.372 e. The molecule has 2 aliphatic rings. The molecule has 6 heteroatoms. The fourth-order valence-electron chi connectivity index (χ4n) is 4.08. The summed E-state index contributed by atoms with van der Waals surface area (Å²) in [4.78, 5) is 22.7. The Balaban J connectivity index is 1.25. The lowest BCUT2D eigenvalue weighted by Gasteiger charge is -2.50. The number of ether oxygens (including phenoxy) is 1. The Morgan fingerprint density at radius 2 is 2.08 bits per heavy atom. The Hall–Kier alpha value is -2.31. The van der Waals surface area contributed by atoms with Gasteiger partial charge in [0.25, 0.3) is 5.91 Å². The van der Waals surface area contributed by atoms with Gasteiger partial charge < -0.3 is 10.1 Å². The molecule has 0 saturated carbocycles. The first kappa shape index (κ1) is 17.1. The van der Waals surface area contributed by atoms with Crippen molar-refractivity contribution < 1.29 is 9.53 Å². The molecule has 1 atom stereocenters. The molecule has 0 aliphatic carbocycles. The topological polar surface area (TPSA) is 67.3 Å². The van der Waals surface area contributed by atoms with Crippen LogP contribution in [0.15, 0.2) is 49.1 Å². The second-order valence-electron chi connectivity index (χ2n) is 7.19. The second-order valence-corrected chi connectivity index (χ2v) is 7.19. The molecule has 1 unspecified atom stereocenters. The minimum atomic E-state index is -0.0350. The van der Waals surface area contributed by atoms with Crippen LogP contribution >= 0.6 is 0 Å². The van der Waals surface area contributed by atoms with Crippen LogP contribution in [0.2, 0.25) is 0 Å². The highest BCUT2D eigenvalue weighted by molar-refractivity contribution is 5.93. The molecule has 4 heterocycles. The van der Waals surface area contributed by atoms with E-state index in [1.807, 2.05) is 12.3 Å². The zero-order valence-electron chi connectivity index (χ0n) is 14.8. The number of nitrogens with one attached hydrogen (secondary N) is 1. The quantitative estimate of drug-likeness (QED) is 0.860. The van der Waals surface area contributed by atoms with Crippen molar-refractivity contribution >= 4 is 5.91 Å². The third kappa shape index (κ3) is 3.61. The maximum atomic E-state index is 12.1. The lowest BCUT2D eigenvalue weighted by molar-refractivity contribution is -0.136. The Kier molecular flexibility index (Phi) is 4.95. The van der Waals surface area contributed by atoms with E-state index in [9.17, 15) is 4.79 Å². The van der Waals surface area contributed by atoms with E-state index in [0.29, 0.717) is 18.0 Å². The van der Waals surface area contributed by atoms with Gasteiger partial charge in [-0.15, -0.1) is 0 Å². The van der Waals surface area contributed by atoms with Crippen molar-refractivity contribution in [2.75, 3.05) is 26.2 Å². The van der Waals surface area contributed by atoms with E-state index in [1.54, 1.807) is 30.7 Å². The summed E-state index contributed by atoms with van der Waals surface area (Å²) in [5.74, 6) is 0.470. The minimum absolute atomic E-state index is 0.0242. The van der Waals surface area contributed by atoms with Crippen LogP contribution in [0.5, 0.6) is 0 Å². The highest BCUT2D eigenvalue weighted by Gasteiger charge is 2.52. The van der Waals surface area contributed by atoms with Crippen LogP contribution < -0.4 is 5.32 Å². The number of nitrogens with zero attached hydrogens (tertiary/aromatic N) is 3. The monoisotopic (exact) mass is 352 g/mol. The molecule has 0 aromatic carbocycles. The van der Waals surface area contributed by atoms with Crippen molar-refractivity contribution in [2.45, 2.75) is 25.0 Å². The number of hydrogen-bond donors (Lipinski definition) is 1. The number of rotatable bonds is 6. The highest BCUT2D eigenvalue weighted by Crippen LogP contribution is 2.41. The van der Waals surface area contributed by atoms with Gasteiger partial charge in [-0.05, 0) is 42.5 Å². The van der Waals surface area contributed by atoms with Gasteiger partial charge in [-0.1, -0.05) is 6.07 Å². The van der Waals surface area contributed by atoms with Crippen LogP contribution in [0.1, 0.15) is 28.8 Å². The Morgan fingerprint density at radius 1 is 1.23 bits per heavy atom. The molecule has 136 valence electrons. The molecule has 6 nitrogen and oxygen atoms in total. The van der Waals surface area contributed by atoms with Crippen molar-refractivity contribution in [2.24, 2.45) is 5.92 Å². The standard InChI is InChI=1S/C20H24N4O2/c25-19(17-3-8-21-9-4-17)23-10-5-18-6-11-26-20(18)14-24(15-20)13-16-2-1-7-22-12-16/h1-4,7-9,12,18H,5-6,10-11,13-15H2,(H,23,25). The van der Waals surface area contributed by atoms with Gasteiger partial charge in [-0.25, -0.2) is 0 Å². The van der Waals surface area contributed by atoms with E-state index in [2.05, 4.69) is 26.3 Å². The summed E-state index contributed by atoms with van der Waals surface area (Å²) in [5, 5.41) is 3.02. The van der Waals surface area contributed by atoms with E-state index in [4.69, 9.17) is 4.74 Å². The number of pyridine rings is 2. The van der Waals surface area contributed by atoms with Crippen LogP contribution in [0, 0.1) is 5.92 Å². The van der Waals surface area contributed by atoms with Gasteiger partial charge in [-0.2, -0.15) is 0 Å². The van der Waals surface area contributed by atoms with E-state index in [1.165, 1.54) is 5.56 Å². The van der Waals surface area contributed by atoms with Crippen molar-refractivity contribution in [3.8, 4) is 0 Å². The zero-order chi connectivity index (χ0) is 17.8. The highest BCUT2D eigenvalue weighted by atomic mass is 16.5. The minimum Gasteiger partial charge on any atom is -0.372 e. The predicted octanol–water partition coefficient (Wildman–Crippen LogP) is 1.89. The van der Waals surface area contributed by atoms with Crippen LogP contribution in [0.4, 0.5) is 0 Å². The van der Waals surface area contributed by atoms with E-state index in [-0.39, 0.29) is 11.5 Å². The number of aromatic nitrogens is 2. The Bertz CT molecular complexity index is 732. The number of carbonyl (C=O) groups excluding carboxylic acids is 1. The molecule has 2 saturated heterocycles. The fraction of sp³-hybridized carbons (Fsp3) is 0.450. The van der Waals surface area contributed by atoms with Crippen molar-refractivity contribution in [1.82, 2.24) is 20.2 Å². The summed E-state index contributed by atoms with van der Waals surface area (Å²) in [7, 11) is 0. The van der Waals surface area contributed by atoms with Gasteiger partial charge in [0.05, 0.1) is 5.60 Å². The summed E-state index contributed by atoms with van der Waals surface area (Å²) in [5.41, 5.74) is 1.87. The lowest BCUT2D eigenvalue weighted by atomic mass is 9.79. The van der Waals surface area contributed by atoms with Gasteiger partial charge >= 0.3 is 0 Å². The first-order valence-corrected chi connectivity index (χ1v) is 9.19. The smallest absolute Gasteiger partial charge is 0.251 e. The molecule has 1 spiro atoms. The maximum absolute atomic E-state index is 12.1. The van der Waals surface area contributed by atoms with Crippen molar-refractivity contribution in [3.05, 3.63) is 60.2 Å². The molecular weight excluding hydrogens is 328 g/mol. The third-order valence-corrected chi connectivity index (χ3v) is 5.43. The van der Waals surface area contributed by atoms with E-state index >= 15 is 0 Å². The third-order valence-electron chi connectivity index (χ3n) is 5.43. The molecule has 1 amide bonds. The van der Waals surface area contributed by atoms with Crippen molar-refractivity contribution in [1.29, 1.82) is 0 Å². The van der Waals surface area contributed by atoms with E-state index in [0.717, 1.165) is 39.1 Å². The molecule has 0 radical (unpaired) electrons. The molecule has 2 aliphatic heterocycles.